The zero-order chi connectivity index (χ0) is 20.0. The van der Waals surface area contributed by atoms with Crippen LogP contribution in [0, 0.1) is 6.92 Å². The summed E-state index contributed by atoms with van der Waals surface area (Å²) in [5.74, 6) is 1.61. The Kier molecular flexibility index (Phi) is 4.43. The van der Waals surface area contributed by atoms with E-state index < -0.39 is 0 Å². The van der Waals surface area contributed by atoms with E-state index in [1.807, 2.05) is 53.6 Å². The second-order valence-electron chi connectivity index (χ2n) is 7.75. The van der Waals surface area contributed by atoms with Crippen molar-refractivity contribution in [1.82, 2.24) is 29.1 Å². The van der Waals surface area contributed by atoms with Gasteiger partial charge in [0, 0.05) is 32.0 Å². The lowest BCUT2D eigenvalue weighted by atomic mass is 9.93. The normalized spacial score (nSPS) is 19.8. The van der Waals surface area contributed by atoms with E-state index in [1.54, 1.807) is 7.11 Å². The highest BCUT2D eigenvalue weighted by molar-refractivity contribution is 5.82. The topological polar surface area (TPSA) is 82.2 Å². The highest BCUT2D eigenvalue weighted by Crippen LogP contribution is 2.27. The van der Waals surface area contributed by atoms with Gasteiger partial charge in [0.2, 0.25) is 5.95 Å². The number of methoxy groups -OCH3 is 1. The van der Waals surface area contributed by atoms with Gasteiger partial charge >= 0.3 is 0 Å². The summed E-state index contributed by atoms with van der Waals surface area (Å²) < 4.78 is 9.33. The van der Waals surface area contributed by atoms with Gasteiger partial charge in [0.25, 0.3) is 0 Å². The van der Waals surface area contributed by atoms with Crippen LogP contribution < -0.4 is 5.32 Å². The van der Waals surface area contributed by atoms with Gasteiger partial charge in [-0.25, -0.2) is 19.5 Å². The van der Waals surface area contributed by atoms with Crippen LogP contribution in [0.3, 0.4) is 0 Å². The highest BCUT2D eigenvalue weighted by Gasteiger charge is 2.21. The number of anilines is 1. The summed E-state index contributed by atoms with van der Waals surface area (Å²) in [4.78, 5) is 13.9. The van der Waals surface area contributed by atoms with Crippen LogP contribution in [0.15, 0.2) is 30.6 Å². The van der Waals surface area contributed by atoms with E-state index >= 15 is 0 Å². The average molecular weight is 391 g/mol. The van der Waals surface area contributed by atoms with Crippen molar-refractivity contribution in [3.63, 3.8) is 0 Å². The van der Waals surface area contributed by atoms with Gasteiger partial charge < -0.3 is 14.6 Å². The number of ether oxygens (including phenoxy) is 1. The molecule has 1 aliphatic rings. The van der Waals surface area contributed by atoms with E-state index in [0.29, 0.717) is 18.1 Å². The number of aryl methyl sites for hydroxylation is 2. The molecule has 4 aromatic rings. The molecule has 1 N–H and O–H groups in total. The smallest absolute Gasteiger partial charge is 0.241 e. The molecule has 1 aliphatic carbocycles. The predicted octanol–water partition coefficient (Wildman–Crippen LogP) is 3.36. The van der Waals surface area contributed by atoms with Crippen molar-refractivity contribution in [3.8, 4) is 11.3 Å². The molecule has 4 heterocycles. The Bertz CT molecular complexity index is 1170. The molecule has 29 heavy (non-hydrogen) atoms. The van der Waals surface area contributed by atoms with Crippen LogP contribution in [-0.2, 0) is 11.8 Å². The molecule has 5 rings (SSSR count). The molecule has 0 atom stereocenters. The lowest BCUT2D eigenvalue weighted by Crippen LogP contribution is -2.30. The predicted molar refractivity (Wildman–Crippen MR) is 112 cm³/mol. The maximum atomic E-state index is 5.45. The Labute approximate surface area is 168 Å². The fraction of sp³-hybridized carbons (Fsp3) is 0.429. The molecule has 1 saturated carbocycles. The van der Waals surface area contributed by atoms with Gasteiger partial charge in [0.1, 0.15) is 11.3 Å². The Morgan fingerprint density at radius 1 is 1.10 bits per heavy atom. The number of pyridine rings is 1. The fourth-order valence-corrected chi connectivity index (χ4v) is 4.14. The third kappa shape index (κ3) is 3.23. The van der Waals surface area contributed by atoms with Crippen molar-refractivity contribution in [1.29, 1.82) is 0 Å². The summed E-state index contributed by atoms with van der Waals surface area (Å²) >= 11 is 0. The van der Waals surface area contributed by atoms with Gasteiger partial charge in [-0.2, -0.15) is 0 Å². The number of nitrogens with one attached hydrogen (secondary N) is 1. The van der Waals surface area contributed by atoms with Crippen LogP contribution >= 0.6 is 0 Å². The average Bonchev–Trinajstić information content (AvgIpc) is 3.29. The first-order valence-corrected chi connectivity index (χ1v) is 10.1. The Morgan fingerprint density at radius 3 is 2.72 bits per heavy atom. The molecule has 0 aromatic carbocycles. The van der Waals surface area contributed by atoms with E-state index in [9.17, 15) is 0 Å². The summed E-state index contributed by atoms with van der Waals surface area (Å²) in [5.41, 5.74) is 4.63. The third-order valence-corrected chi connectivity index (χ3v) is 5.97. The molecule has 0 amide bonds. The molecule has 0 spiro atoms. The summed E-state index contributed by atoms with van der Waals surface area (Å²) in [6, 6.07) is 6.45. The SMILES string of the molecule is COC1CCC(Nc2ncc3c(-c4ccc5nc(C)n(C)c5n4)ccn3n2)CC1. The van der Waals surface area contributed by atoms with E-state index in [4.69, 9.17) is 9.72 Å². The summed E-state index contributed by atoms with van der Waals surface area (Å²) in [6.45, 7) is 1.99. The number of imidazole rings is 1. The van der Waals surface area contributed by atoms with Gasteiger partial charge in [-0.1, -0.05) is 0 Å². The molecule has 8 heteroatoms. The number of hydrogen-bond acceptors (Lipinski definition) is 6. The fourth-order valence-electron chi connectivity index (χ4n) is 4.14. The van der Waals surface area contributed by atoms with Crippen LogP contribution in [0.5, 0.6) is 0 Å². The largest absolute Gasteiger partial charge is 0.381 e. The minimum atomic E-state index is 0.386. The molecule has 0 bridgehead atoms. The summed E-state index contributed by atoms with van der Waals surface area (Å²) in [6.07, 6.45) is 8.51. The molecule has 4 aromatic heterocycles. The zero-order valence-corrected chi connectivity index (χ0v) is 17.0. The quantitative estimate of drug-likeness (QED) is 0.574. The number of rotatable bonds is 4. The van der Waals surface area contributed by atoms with E-state index in [2.05, 4.69) is 20.4 Å². The molecule has 0 radical (unpaired) electrons. The van der Waals surface area contributed by atoms with Crippen molar-refractivity contribution in [2.24, 2.45) is 7.05 Å². The second kappa shape index (κ2) is 7.11. The third-order valence-electron chi connectivity index (χ3n) is 5.97. The Morgan fingerprint density at radius 2 is 1.93 bits per heavy atom. The van der Waals surface area contributed by atoms with Crippen LogP contribution in [-0.4, -0.2) is 48.4 Å². The van der Waals surface area contributed by atoms with Crippen molar-refractivity contribution < 1.29 is 4.74 Å². The first-order chi connectivity index (χ1) is 14.1. The summed E-state index contributed by atoms with van der Waals surface area (Å²) in [7, 11) is 3.78. The maximum Gasteiger partial charge on any atom is 0.241 e. The first kappa shape index (κ1) is 18.1. The monoisotopic (exact) mass is 391 g/mol. The van der Waals surface area contributed by atoms with Crippen LogP contribution in [0.1, 0.15) is 31.5 Å². The number of hydrogen-bond donors (Lipinski definition) is 1. The molecule has 0 saturated heterocycles. The van der Waals surface area contributed by atoms with Crippen molar-refractivity contribution in [2.75, 3.05) is 12.4 Å². The number of nitrogens with zero attached hydrogens (tertiary/aromatic N) is 6. The summed E-state index contributed by atoms with van der Waals surface area (Å²) in [5, 5.41) is 8.13. The van der Waals surface area contributed by atoms with Gasteiger partial charge in [-0.05, 0) is 50.8 Å². The Balaban J connectivity index is 1.41. The molecule has 8 nitrogen and oxygen atoms in total. The maximum absolute atomic E-state index is 5.45. The molecule has 150 valence electrons. The van der Waals surface area contributed by atoms with Crippen molar-refractivity contribution in [3.05, 3.63) is 36.4 Å². The zero-order valence-electron chi connectivity index (χ0n) is 17.0. The minimum Gasteiger partial charge on any atom is -0.381 e. The van der Waals surface area contributed by atoms with Crippen LogP contribution in [0.2, 0.25) is 0 Å². The lowest BCUT2D eigenvalue weighted by molar-refractivity contribution is 0.0681. The van der Waals surface area contributed by atoms with E-state index in [-0.39, 0.29) is 0 Å². The van der Waals surface area contributed by atoms with Gasteiger partial charge in [0.15, 0.2) is 5.65 Å². The van der Waals surface area contributed by atoms with Crippen LogP contribution in [0.4, 0.5) is 5.95 Å². The van der Waals surface area contributed by atoms with Crippen molar-refractivity contribution in [2.45, 2.75) is 44.8 Å². The highest BCUT2D eigenvalue weighted by atomic mass is 16.5. The molecule has 0 unspecified atom stereocenters. The minimum absolute atomic E-state index is 0.386. The van der Waals surface area contributed by atoms with Crippen LogP contribution in [0.25, 0.3) is 27.9 Å². The second-order valence-corrected chi connectivity index (χ2v) is 7.75. The van der Waals surface area contributed by atoms with Gasteiger partial charge in [0.05, 0.1) is 23.5 Å². The molecule has 0 aliphatic heterocycles. The molecule has 1 fully saturated rings. The van der Waals surface area contributed by atoms with Crippen molar-refractivity contribution >= 4 is 22.6 Å². The number of fused-ring (bicyclic) bond motifs is 2. The Hall–Kier alpha value is -3.00. The van der Waals surface area contributed by atoms with Gasteiger partial charge in [-0.15, -0.1) is 5.10 Å². The lowest BCUT2D eigenvalue weighted by Gasteiger charge is -2.28. The standard InChI is InChI=1S/C21H25N7O/c1-13-23-18-9-8-17(25-20(18)27(13)2)16-10-11-28-19(16)12-22-21(26-28)24-14-4-6-15(29-3)7-5-14/h8-12,14-15H,4-7H2,1-3H3,(H,24,26). The van der Waals surface area contributed by atoms with Gasteiger partial charge in [-0.3, -0.25) is 0 Å². The molecular formula is C21H25N7O. The van der Waals surface area contributed by atoms with E-state index in [1.165, 1.54) is 0 Å². The molecular weight excluding hydrogens is 366 g/mol. The number of aromatic nitrogens is 6. The van der Waals surface area contributed by atoms with E-state index in [0.717, 1.165) is 59.4 Å². The first-order valence-electron chi connectivity index (χ1n) is 10.1.